The summed E-state index contributed by atoms with van der Waals surface area (Å²) in [5, 5.41) is 0. The van der Waals surface area contributed by atoms with Gasteiger partial charge in [0.05, 0.1) is 0 Å². The number of rotatable bonds is 4. The van der Waals surface area contributed by atoms with Crippen molar-refractivity contribution in [1.29, 1.82) is 0 Å². The number of aromatic nitrogens is 2. The van der Waals surface area contributed by atoms with Gasteiger partial charge in [-0.25, -0.2) is 9.97 Å². The largest absolute Gasteiger partial charge is 0.328 e. The molecule has 4 heteroatoms. The van der Waals surface area contributed by atoms with E-state index in [4.69, 9.17) is 11.5 Å². The van der Waals surface area contributed by atoms with Crippen LogP contribution in [0.25, 0.3) is 0 Å². The first-order valence-corrected chi connectivity index (χ1v) is 4.89. The fourth-order valence-corrected chi connectivity index (χ4v) is 1.25. The number of hydrogen-bond acceptors (Lipinski definition) is 4. The van der Waals surface area contributed by atoms with Crippen molar-refractivity contribution in [2.75, 3.05) is 0 Å². The zero-order valence-corrected chi connectivity index (χ0v) is 8.77. The van der Waals surface area contributed by atoms with Crippen molar-refractivity contribution in [1.82, 2.24) is 9.97 Å². The van der Waals surface area contributed by atoms with E-state index in [-0.39, 0.29) is 12.1 Å². The van der Waals surface area contributed by atoms with Crippen molar-refractivity contribution >= 4 is 0 Å². The van der Waals surface area contributed by atoms with Crippen LogP contribution in [0.1, 0.15) is 25.2 Å². The minimum atomic E-state index is 0.106. The van der Waals surface area contributed by atoms with Gasteiger partial charge in [-0.2, -0.15) is 0 Å². The fourth-order valence-electron chi connectivity index (χ4n) is 1.25. The Bertz CT molecular complexity index is 237. The van der Waals surface area contributed by atoms with E-state index in [0.29, 0.717) is 0 Å². The van der Waals surface area contributed by atoms with E-state index >= 15 is 0 Å². The van der Waals surface area contributed by atoms with Crippen LogP contribution in [0.15, 0.2) is 12.4 Å². The summed E-state index contributed by atoms with van der Waals surface area (Å²) in [5.41, 5.74) is 12.4. The van der Waals surface area contributed by atoms with Crippen molar-refractivity contribution in [2.45, 2.75) is 38.8 Å². The van der Waals surface area contributed by atoms with Gasteiger partial charge in [0.1, 0.15) is 5.82 Å². The summed E-state index contributed by atoms with van der Waals surface area (Å²) >= 11 is 0. The van der Waals surface area contributed by atoms with Crippen LogP contribution < -0.4 is 11.5 Å². The fraction of sp³-hybridized carbons (Fsp3) is 0.600. The summed E-state index contributed by atoms with van der Waals surface area (Å²) in [5.74, 6) is 0.799. The van der Waals surface area contributed by atoms with Gasteiger partial charge in [-0.1, -0.05) is 0 Å². The van der Waals surface area contributed by atoms with E-state index in [1.54, 1.807) is 0 Å². The number of hydrogen-bond donors (Lipinski definition) is 2. The third-order valence-corrected chi connectivity index (χ3v) is 1.82. The Morgan fingerprint density at radius 2 is 1.57 bits per heavy atom. The van der Waals surface area contributed by atoms with Crippen molar-refractivity contribution in [2.24, 2.45) is 11.5 Å². The predicted molar refractivity (Wildman–Crippen MR) is 56.7 cm³/mol. The molecule has 1 heterocycles. The molecule has 78 valence electrons. The topological polar surface area (TPSA) is 77.8 Å². The van der Waals surface area contributed by atoms with Gasteiger partial charge in [-0.15, -0.1) is 0 Å². The first kappa shape index (κ1) is 11.1. The molecule has 1 aromatic rings. The maximum absolute atomic E-state index is 5.67. The number of nitrogens with two attached hydrogens (primary N) is 2. The van der Waals surface area contributed by atoms with Gasteiger partial charge in [0.25, 0.3) is 0 Å². The van der Waals surface area contributed by atoms with E-state index < -0.39 is 0 Å². The summed E-state index contributed by atoms with van der Waals surface area (Å²) in [7, 11) is 0. The minimum absolute atomic E-state index is 0.106. The molecule has 2 unspecified atom stereocenters. The number of nitrogens with zero attached hydrogens (tertiary/aromatic N) is 2. The molecular formula is C10H18N4. The first-order chi connectivity index (χ1) is 6.58. The quantitative estimate of drug-likeness (QED) is 0.720. The second-order valence-corrected chi connectivity index (χ2v) is 3.87. The molecule has 0 aliphatic heterocycles. The molecule has 0 saturated carbocycles. The molecule has 4 N–H and O–H groups in total. The van der Waals surface area contributed by atoms with Crippen LogP contribution in [-0.4, -0.2) is 22.1 Å². The molecule has 0 radical (unpaired) electrons. The van der Waals surface area contributed by atoms with Crippen LogP contribution in [0, 0.1) is 0 Å². The van der Waals surface area contributed by atoms with Gasteiger partial charge in [-0.05, 0) is 25.8 Å². The first-order valence-electron chi connectivity index (χ1n) is 4.89. The van der Waals surface area contributed by atoms with Gasteiger partial charge in [0.15, 0.2) is 0 Å². The van der Waals surface area contributed by atoms with Crippen LogP contribution in [0.3, 0.4) is 0 Å². The van der Waals surface area contributed by atoms with E-state index in [1.807, 2.05) is 26.2 Å². The van der Waals surface area contributed by atoms with Crippen LogP contribution in [0.4, 0.5) is 0 Å². The lowest BCUT2D eigenvalue weighted by Crippen LogP contribution is -2.20. The van der Waals surface area contributed by atoms with Crippen molar-refractivity contribution < 1.29 is 0 Å². The highest BCUT2D eigenvalue weighted by molar-refractivity contribution is 5.07. The molecule has 0 spiro atoms. The highest BCUT2D eigenvalue weighted by Gasteiger charge is 2.02. The van der Waals surface area contributed by atoms with Crippen molar-refractivity contribution in [3.05, 3.63) is 23.8 Å². The Balaban J connectivity index is 2.59. The maximum atomic E-state index is 5.67. The summed E-state index contributed by atoms with van der Waals surface area (Å²) in [6, 6.07) is 0.257. The molecule has 14 heavy (non-hydrogen) atoms. The lowest BCUT2D eigenvalue weighted by molar-refractivity contribution is 0.691. The smallest absolute Gasteiger partial charge is 0.129 e. The molecule has 4 nitrogen and oxygen atoms in total. The van der Waals surface area contributed by atoms with Crippen LogP contribution >= 0.6 is 0 Å². The minimum Gasteiger partial charge on any atom is -0.328 e. The lowest BCUT2D eigenvalue weighted by Gasteiger charge is -2.06. The van der Waals surface area contributed by atoms with Crippen molar-refractivity contribution in [3.8, 4) is 0 Å². The Morgan fingerprint density at radius 1 is 1.07 bits per heavy atom. The molecule has 0 bridgehead atoms. The molecule has 1 rings (SSSR count). The van der Waals surface area contributed by atoms with E-state index in [1.165, 1.54) is 0 Å². The molecule has 0 aliphatic rings. The van der Waals surface area contributed by atoms with Gasteiger partial charge < -0.3 is 11.5 Å². The monoisotopic (exact) mass is 194 g/mol. The summed E-state index contributed by atoms with van der Waals surface area (Å²) in [6.45, 7) is 3.91. The van der Waals surface area contributed by atoms with E-state index in [9.17, 15) is 0 Å². The molecule has 0 fully saturated rings. The Hall–Kier alpha value is -1.00. The molecule has 0 saturated heterocycles. The Labute approximate surface area is 84.7 Å². The van der Waals surface area contributed by atoms with Gasteiger partial charge >= 0.3 is 0 Å². The zero-order chi connectivity index (χ0) is 10.6. The molecule has 0 amide bonds. The predicted octanol–water partition coefficient (Wildman–Crippen LogP) is 0.256. The molecule has 0 aromatic carbocycles. The Morgan fingerprint density at radius 3 is 2.00 bits per heavy atom. The van der Waals surface area contributed by atoms with E-state index in [2.05, 4.69) is 9.97 Å². The van der Waals surface area contributed by atoms with Crippen LogP contribution in [0.5, 0.6) is 0 Å². The van der Waals surface area contributed by atoms with Gasteiger partial charge in [-0.3, -0.25) is 0 Å². The third kappa shape index (κ3) is 3.81. The molecule has 1 aromatic heterocycles. The standard InChI is InChI=1S/C10H18N4/c1-7(11)3-9-5-13-10(14-6-9)4-8(2)12/h5-8H,3-4,11-12H2,1-2H3. The Kier molecular flexibility index (Phi) is 3.98. The lowest BCUT2D eigenvalue weighted by atomic mass is 10.1. The molecule has 0 aliphatic carbocycles. The second kappa shape index (κ2) is 5.02. The van der Waals surface area contributed by atoms with Crippen LogP contribution in [-0.2, 0) is 12.8 Å². The van der Waals surface area contributed by atoms with Crippen LogP contribution in [0.2, 0.25) is 0 Å². The second-order valence-electron chi connectivity index (χ2n) is 3.87. The average Bonchev–Trinajstić information content (AvgIpc) is 2.06. The third-order valence-electron chi connectivity index (χ3n) is 1.82. The van der Waals surface area contributed by atoms with Gasteiger partial charge in [0.2, 0.25) is 0 Å². The van der Waals surface area contributed by atoms with Crippen molar-refractivity contribution in [3.63, 3.8) is 0 Å². The normalized spacial score (nSPS) is 15.1. The highest BCUT2D eigenvalue weighted by atomic mass is 14.9. The summed E-state index contributed by atoms with van der Waals surface area (Å²) in [4.78, 5) is 8.45. The zero-order valence-electron chi connectivity index (χ0n) is 8.77. The highest BCUT2D eigenvalue weighted by Crippen LogP contribution is 2.00. The van der Waals surface area contributed by atoms with Gasteiger partial charge in [0, 0.05) is 30.9 Å². The summed E-state index contributed by atoms with van der Waals surface area (Å²) < 4.78 is 0. The molecule has 2 atom stereocenters. The molecular weight excluding hydrogens is 176 g/mol. The average molecular weight is 194 g/mol. The maximum Gasteiger partial charge on any atom is 0.129 e. The SMILES string of the molecule is CC(N)Cc1cnc(CC(C)N)nc1. The summed E-state index contributed by atoms with van der Waals surface area (Å²) in [6.07, 6.45) is 5.19. The van der Waals surface area contributed by atoms with E-state index in [0.717, 1.165) is 24.2 Å².